The molecular weight excluding hydrogens is 270 g/mol. The number of amides is 1. The van der Waals surface area contributed by atoms with Crippen molar-refractivity contribution < 1.29 is 9.90 Å². The molecule has 1 aromatic rings. The number of benzene rings is 1. The Bertz CT molecular complexity index is 539. The zero-order valence-corrected chi connectivity index (χ0v) is 12.4. The van der Waals surface area contributed by atoms with Crippen molar-refractivity contribution in [3.05, 3.63) is 34.9 Å². The van der Waals surface area contributed by atoms with E-state index in [2.05, 4.69) is 17.2 Å². The highest BCUT2D eigenvalue weighted by molar-refractivity contribution is 7.99. The standard InChI is InChI=1S/C16H19NO2S/c1-12-13(5-3-9-18)4-2-6-15(12)16(19)17-14-7-10-20-11-8-14/h2,4,6,14,18H,7-11H2,1H3,(H,17,19). The summed E-state index contributed by atoms with van der Waals surface area (Å²) in [5, 5.41) is 11.9. The quantitative estimate of drug-likeness (QED) is 0.818. The lowest BCUT2D eigenvalue weighted by atomic mass is 10.0. The van der Waals surface area contributed by atoms with E-state index in [-0.39, 0.29) is 18.6 Å². The lowest BCUT2D eigenvalue weighted by Gasteiger charge is -2.23. The molecule has 20 heavy (non-hydrogen) atoms. The highest BCUT2D eigenvalue weighted by atomic mass is 32.2. The van der Waals surface area contributed by atoms with Crippen LogP contribution in [0.25, 0.3) is 0 Å². The summed E-state index contributed by atoms with van der Waals surface area (Å²) in [6, 6.07) is 5.81. The molecule has 106 valence electrons. The highest BCUT2D eigenvalue weighted by Gasteiger charge is 2.18. The van der Waals surface area contributed by atoms with E-state index in [4.69, 9.17) is 5.11 Å². The van der Waals surface area contributed by atoms with E-state index in [0.29, 0.717) is 5.56 Å². The van der Waals surface area contributed by atoms with Crippen LogP contribution in [0.4, 0.5) is 0 Å². The van der Waals surface area contributed by atoms with Crippen LogP contribution in [0.5, 0.6) is 0 Å². The minimum absolute atomic E-state index is 0.0213. The molecule has 1 aromatic carbocycles. The van der Waals surface area contributed by atoms with E-state index in [9.17, 15) is 4.79 Å². The van der Waals surface area contributed by atoms with Gasteiger partial charge in [-0.1, -0.05) is 17.9 Å². The fourth-order valence-corrected chi connectivity index (χ4v) is 3.36. The van der Waals surface area contributed by atoms with Gasteiger partial charge in [-0.2, -0.15) is 11.8 Å². The Labute approximate surface area is 124 Å². The van der Waals surface area contributed by atoms with E-state index in [0.717, 1.165) is 35.5 Å². The predicted molar refractivity (Wildman–Crippen MR) is 83.0 cm³/mol. The number of nitrogens with one attached hydrogen (secondary N) is 1. The molecule has 0 spiro atoms. The van der Waals surface area contributed by atoms with Crippen LogP contribution in [-0.2, 0) is 0 Å². The molecule has 0 saturated carbocycles. The van der Waals surface area contributed by atoms with Crippen LogP contribution in [-0.4, -0.2) is 35.2 Å². The molecule has 1 fully saturated rings. The lowest BCUT2D eigenvalue weighted by Crippen LogP contribution is -2.37. The van der Waals surface area contributed by atoms with E-state index >= 15 is 0 Å². The second-order valence-electron chi connectivity index (χ2n) is 4.80. The molecule has 0 radical (unpaired) electrons. The highest BCUT2D eigenvalue weighted by Crippen LogP contribution is 2.18. The smallest absolute Gasteiger partial charge is 0.251 e. The summed E-state index contributed by atoms with van der Waals surface area (Å²) in [5.41, 5.74) is 2.34. The van der Waals surface area contributed by atoms with Crippen LogP contribution in [0, 0.1) is 18.8 Å². The first-order valence-electron chi connectivity index (χ1n) is 6.80. The van der Waals surface area contributed by atoms with Gasteiger partial charge < -0.3 is 10.4 Å². The van der Waals surface area contributed by atoms with E-state index in [1.54, 1.807) is 0 Å². The summed E-state index contributed by atoms with van der Waals surface area (Å²) in [6.07, 6.45) is 2.08. The molecule has 0 bridgehead atoms. The van der Waals surface area contributed by atoms with Crippen molar-refractivity contribution in [3.63, 3.8) is 0 Å². The zero-order valence-electron chi connectivity index (χ0n) is 11.6. The number of carbonyl (C=O) groups excluding carboxylic acids is 1. The summed E-state index contributed by atoms with van der Waals surface area (Å²) >= 11 is 1.94. The van der Waals surface area contributed by atoms with Gasteiger partial charge in [-0.25, -0.2) is 0 Å². The van der Waals surface area contributed by atoms with Crippen LogP contribution in [0.3, 0.4) is 0 Å². The molecule has 0 unspecified atom stereocenters. The number of aliphatic hydroxyl groups excluding tert-OH is 1. The molecular formula is C16H19NO2S. The van der Waals surface area contributed by atoms with Crippen LogP contribution < -0.4 is 5.32 Å². The molecule has 1 saturated heterocycles. The van der Waals surface area contributed by atoms with Crippen molar-refractivity contribution >= 4 is 17.7 Å². The first kappa shape index (κ1) is 15.0. The number of carbonyl (C=O) groups is 1. The summed E-state index contributed by atoms with van der Waals surface area (Å²) < 4.78 is 0. The van der Waals surface area contributed by atoms with Crippen molar-refractivity contribution in [2.75, 3.05) is 18.1 Å². The maximum Gasteiger partial charge on any atom is 0.251 e. The maximum atomic E-state index is 12.3. The van der Waals surface area contributed by atoms with Crippen LogP contribution in [0.2, 0.25) is 0 Å². The van der Waals surface area contributed by atoms with Crippen molar-refractivity contribution in [2.24, 2.45) is 0 Å². The van der Waals surface area contributed by atoms with Gasteiger partial charge in [0.1, 0.15) is 6.61 Å². The number of aliphatic hydroxyl groups is 1. The molecule has 1 heterocycles. The van der Waals surface area contributed by atoms with Crippen LogP contribution in [0.1, 0.15) is 34.3 Å². The van der Waals surface area contributed by atoms with Gasteiger partial charge in [0.15, 0.2) is 0 Å². The van der Waals surface area contributed by atoms with Gasteiger partial charge in [0.25, 0.3) is 5.91 Å². The van der Waals surface area contributed by atoms with Crippen LogP contribution >= 0.6 is 11.8 Å². The zero-order chi connectivity index (χ0) is 14.4. The van der Waals surface area contributed by atoms with Gasteiger partial charge >= 0.3 is 0 Å². The van der Waals surface area contributed by atoms with Crippen molar-refractivity contribution in [1.82, 2.24) is 5.32 Å². The fourth-order valence-electron chi connectivity index (χ4n) is 2.26. The van der Waals surface area contributed by atoms with Gasteiger partial charge in [0.05, 0.1) is 0 Å². The van der Waals surface area contributed by atoms with Gasteiger partial charge in [-0.05, 0) is 49.0 Å². The van der Waals surface area contributed by atoms with E-state index in [1.165, 1.54) is 0 Å². The number of thioether (sulfide) groups is 1. The molecule has 0 aliphatic carbocycles. The SMILES string of the molecule is Cc1c(C#CCO)cccc1C(=O)NC1CCSCC1. The third kappa shape index (κ3) is 3.78. The molecule has 3 nitrogen and oxygen atoms in total. The molecule has 0 atom stereocenters. The summed E-state index contributed by atoms with van der Waals surface area (Å²) in [6.45, 7) is 1.72. The van der Waals surface area contributed by atoms with Crippen LogP contribution in [0.15, 0.2) is 18.2 Å². The first-order chi connectivity index (χ1) is 9.72. The monoisotopic (exact) mass is 289 g/mol. The third-order valence-electron chi connectivity index (χ3n) is 3.44. The molecule has 4 heteroatoms. The Morgan fingerprint density at radius 2 is 2.20 bits per heavy atom. The second-order valence-corrected chi connectivity index (χ2v) is 6.02. The van der Waals surface area contributed by atoms with Gasteiger partial charge in [0, 0.05) is 17.2 Å². The maximum absolute atomic E-state index is 12.3. The molecule has 0 aromatic heterocycles. The Balaban J connectivity index is 2.13. The summed E-state index contributed by atoms with van der Waals surface area (Å²) in [7, 11) is 0. The number of hydrogen-bond acceptors (Lipinski definition) is 3. The van der Waals surface area contributed by atoms with Crippen molar-refractivity contribution in [1.29, 1.82) is 0 Å². The minimum atomic E-state index is -0.171. The number of rotatable bonds is 2. The Hall–Kier alpha value is -1.44. The summed E-state index contributed by atoms with van der Waals surface area (Å²) in [4.78, 5) is 12.3. The van der Waals surface area contributed by atoms with Crippen molar-refractivity contribution in [3.8, 4) is 11.8 Å². The largest absolute Gasteiger partial charge is 0.384 e. The predicted octanol–water partition coefficient (Wildman–Crippen LogP) is 1.96. The minimum Gasteiger partial charge on any atom is -0.384 e. The van der Waals surface area contributed by atoms with Gasteiger partial charge in [0.2, 0.25) is 0 Å². The molecule has 2 rings (SSSR count). The Morgan fingerprint density at radius 1 is 1.45 bits per heavy atom. The second kappa shape index (κ2) is 7.37. The fraction of sp³-hybridized carbons (Fsp3) is 0.438. The normalized spacial score (nSPS) is 15.3. The summed E-state index contributed by atoms with van der Waals surface area (Å²) in [5.74, 6) is 7.71. The van der Waals surface area contributed by atoms with E-state index < -0.39 is 0 Å². The first-order valence-corrected chi connectivity index (χ1v) is 7.96. The van der Waals surface area contributed by atoms with Gasteiger partial charge in [-0.3, -0.25) is 4.79 Å². The lowest BCUT2D eigenvalue weighted by molar-refractivity contribution is 0.0934. The number of hydrogen-bond donors (Lipinski definition) is 2. The third-order valence-corrected chi connectivity index (χ3v) is 4.49. The molecule has 1 aliphatic heterocycles. The average molecular weight is 289 g/mol. The van der Waals surface area contributed by atoms with E-state index in [1.807, 2.05) is 36.9 Å². The topological polar surface area (TPSA) is 49.3 Å². The molecule has 2 N–H and O–H groups in total. The van der Waals surface area contributed by atoms with Crippen molar-refractivity contribution in [2.45, 2.75) is 25.8 Å². The molecule has 1 aliphatic rings. The Morgan fingerprint density at radius 3 is 2.90 bits per heavy atom. The average Bonchev–Trinajstić information content (AvgIpc) is 2.47. The molecule has 1 amide bonds. The Kier molecular flexibility index (Phi) is 5.51. The van der Waals surface area contributed by atoms with Gasteiger partial charge in [-0.15, -0.1) is 0 Å².